The number of benzene rings is 2. The molecule has 0 saturated carbocycles. The third-order valence-corrected chi connectivity index (χ3v) is 2.49. The Balaban J connectivity index is 2.33. The SMILES string of the molecule is CNCc1cc(F)c(Oc2cc(F)cc(F)c2)c(F)c1. The Morgan fingerprint density at radius 2 is 1.45 bits per heavy atom. The molecule has 0 heterocycles. The van der Waals surface area contributed by atoms with Gasteiger partial charge in [-0.2, -0.15) is 0 Å². The van der Waals surface area contributed by atoms with Gasteiger partial charge in [0.2, 0.25) is 0 Å². The zero-order valence-corrected chi connectivity index (χ0v) is 10.5. The van der Waals surface area contributed by atoms with E-state index in [1.165, 1.54) is 0 Å². The first kappa shape index (κ1) is 14.3. The molecule has 0 aromatic heterocycles. The van der Waals surface area contributed by atoms with Gasteiger partial charge in [-0.3, -0.25) is 0 Å². The zero-order chi connectivity index (χ0) is 14.7. The van der Waals surface area contributed by atoms with Crippen LogP contribution in [-0.4, -0.2) is 7.05 Å². The predicted molar refractivity (Wildman–Crippen MR) is 65.6 cm³/mol. The first-order chi connectivity index (χ1) is 9.49. The molecule has 0 unspecified atom stereocenters. The predicted octanol–water partition coefficient (Wildman–Crippen LogP) is 3.75. The molecule has 0 spiro atoms. The van der Waals surface area contributed by atoms with E-state index in [0.717, 1.165) is 24.3 Å². The van der Waals surface area contributed by atoms with Crippen molar-refractivity contribution in [2.75, 3.05) is 7.05 Å². The molecule has 0 fully saturated rings. The highest BCUT2D eigenvalue weighted by molar-refractivity contribution is 5.36. The lowest BCUT2D eigenvalue weighted by atomic mass is 10.2. The van der Waals surface area contributed by atoms with Crippen LogP contribution in [-0.2, 0) is 6.54 Å². The molecule has 1 N–H and O–H groups in total. The van der Waals surface area contributed by atoms with Gasteiger partial charge in [-0.1, -0.05) is 0 Å². The molecule has 20 heavy (non-hydrogen) atoms. The summed E-state index contributed by atoms with van der Waals surface area (Å²) in [5.74, 6) is -4.70. The summed E-state index contributed by atoms with van der Waals surface area (Å²) in [4.78, 5) is 0. The van der Waals surface area contributed by atoms with Gasteiger partial charge in [-0.15, -0.1) is 0 Å². The third-order valence-electron chi connectivity index (χ3n) is 2.49. The van der Waals surface area contributed by atoms with Crippen LogP contribution < -0.4 is 10.1 Å². The molecule has 0 bridgehead atoms. The summed E-state index contributed by atoms with van der Waals surface area (Å²) in [5.41, 5.74) is 0.389. The molecular weight excluding hydrogens is 274 g/mol. The van der Waals surface area contributed by atoms with Crippen molar-refractivity contribution in [1.29, 1.82) is 0 Å². The Morgan fingerprint density at radius 3 is 1.95 bits per heavy atom. The molecule has 0 amide bonds. The number of hydrogen-bond donors (Lipinski definition) is 1. The first-order valence-corrected chi connectivity index (χ1v) is 5.76. The van der Waals surface area contributed by atoms with Crippen molar-refractivity contribution in [2.45, 2.75) is 6.54 Å². The summed E-state index contributed by atoms with van der Waals surface area (Å²) in [5, 5.41) is 2.75. The summed E-state index contributed by atoms with van der Waals surface area (Å²) in [6.45, 7) is 0.280. The molecule has 0 aliphatic rings. The van der Waals surface area contributed by atoms with Gasteiger partial charge in [0.15, 0.2) is 17.4 Å². The van der Waals surface area contributed by atoms with Crippen LogP contribution in [0.5, 0.6) is 11.5 Å². The fraction of sp³-hybridized carbons (Fsp3) is 0.143. The maximum atomic E-state index is 13.7. The average molecular weight is 285 g/mol. The molecule has 0 atom stereocenters. The largest absolute Gasteiger partial charge is 0.451 e. The topological polar surface area (TPSA) is 21.3 Å². The second-order valence-electron chi connectivity index (χ2n) is 4.13. The van der Waals surface area contributed by atoms with E-state index in [0.29, 0.717) is 11.6 Å². The number of hydrogen-bond acceptors (Lipinski definition) is 2. The fourth-order valence-corrected chi connectivity index (χ4v) is 1.72. The molecule has 2 aromatic carbocycles. The summed E-state index contributed by atoms with van der Waals surface area (Å²) >= 11 is 0. The first-order valence-electron chi connectivity index (χ1n) is 5.76. The highest BCUT2D eigenvalue weighted by atomic mass is 19.1. The number of rotatable bonds is 4. The van der Waals surface area contributed by atoms with Gasteiger partial charge < -0.3 is 10.1 Å². The highest BCUT2D eigenvalue weighted by Crippen LogP contribution is 2.29. The van der Waals surface area contributed by atoms with Crippen LogP contribution in [0, 0.1) is 23.3 Å². The van der Waals surface area contributed by atoms with Crippen molar-refractivity contribution in [3.8, 4) is 11.5 Å². The van der Waals surface area contributed by atoms with Crippen LogP contribution >= 0.6 is 0 Å². The quantitative estimate of drug-likeness (QED) is 0.864. The van der Waals surface area contributed by atoms with Crippen LogP contribution in [0.25, 0.3) is 0 Å². The van der Waals surface area contributed by atoms with E-state index >= 15 is 0 Å². The van der Waals surface area contributed by atoms with Crippen molar-refractivity contribution in [3.63, 3.8) is 0 Å². The molecular formula is C14H11F4NO. The Labute approximate surface area is 113 Å². The monoisotopic (exact) mass is 285 g/mol. The maximum Gasteiger partial charge on any atom is 0.198 e. The van der Waals surface area contributed by atoms with E-state index in [-0.39, 0.29) is 12.3 Å². The Kier molecular flexibility index (Phi) is 4.24. The summed E-state index contributed by atoms with van der Waals surface area (Å²) in [6, 6.07) is 4.48. The molecule has 0 saturated heterocycles. The Hall–Kier alpha value is -2.08. The number of halogens is 4. The molecule has 6 heteroatoms. The van der Waals surface area contributed by atoms with E-state index in [4.69, 9.17) is 4.74 Å². The smallest absolute Gasteiger partial charge is 0.198 e. The second kappa shape index (κ2) is 5.92. The third kappa shape index (κ3) is 3.27. The van der Waals surface area contributed by atoms with Gasteiger partial charge in [0.25, 0.3) is 0 Å². The lowest BCUT2D eigenvalue weighted by molar-refractivity contribution is 0.401. The average Bonchev–Trinajstić information content (AvgIpc) is 2.33. The number of nitrogens with one attached hydrogen (secondary N) is 1. The normalized spacial score (nSPS) is 10.7. The van der Waals surface area contributed by atoms with Gasteiger partial charge >= 0.3 is 0 Å². The summed E-state index contributed by atoms with van der Waals surface area (Å²) in [7, 11) is 1.63. The molecule has 2 nitrogen and oxygen atoms in total. The lowest BCUT2D eigenvalue weighted by Crippen LogP contribution is -2.06. The van der Waals surface area contributed by atoms with Gasteiger partial charge in [0.1, 0.15) is 17.4 Å². The van der Waals surface area contributed by atoms with Crippen molar-refractivity contribution < 1.29 is 22.3 Å². The standard InChI is InChI=1S/C14H11F4NO/c1-19-7-8-2-12(17)14(13(18)3-8)20-11-5-9(15)4-10(16)6-11/h2-6,19H,7H2,1H3. The van der Waals surface area contributed by atoms with Crippen molar-refractivity contribution in [3.05, 3.63) is 59.2 Å². The zero-order valence-electron chi connectivity index (χ0n) is 10.5. The van der Waals surface area contributed by atoms with E-state index < -0.39 is 29.0 Å². The van der Waals surface area contributed by atoms with E-state index in [9.17, 15) is 17.6 Å². The van der Waals surface area contributed by atoms with Crippen LogP contribution in [0.2, 0.25) is 0 Å². The lowest BCUT2D eigenvalue weighted by Gasteiger charge is -2.10. The second-order valence-corrected chi connectivity index (χ2v) is 4.13. The minimum atomic E-state index is -0.945. The molecule has 0 aliphatic heterocycles. The molecule has 2 rings (SSSR count). The van der Waals surface area contributed by atoms with Gasteiger partial charge in [-0.05, 0) is 24.7 Å². The summed E-state index contributed by atoms with van der Waals surface area (Å²) < 4.78 is 58.3. The fourth-order valence-electron chi connectivity index (χ4n) is 1.72. The summed E-state index contributed by atoms with van der Waals surface area (Å²) in [6.07, 6.45) is 0. The van der Waals surface area contributed by atoms with E-state index in [1.54, 1.807) is 7.05 Å². The van der Waals surface area contributed by atoms with Crippen LogP contribution in [0.15, 0.2) is 30.3 Å². The minimum absolute atomic E-state index is 0.280. The van der Waals surface area contributed by atoms with Crippen molar-refractivity contribution >= 4 is 0 Å². The van der Waals surface area contributed by atoms with Gasteiger partial charge in [0, 0.05) is 24.7 Å². The Morgan fingerprint density at radius 1 is 0.900 bits per heavy atom. The van der Waals surface area contributed by atoms with Crippen LogP contribution in [0.4, 0.5) is 17.6 Å². The van der Waals surface area contributed by atoms with Crippen LogP contribution in [0.3, 0.4) is 0 Å². The minimum Gasteiger partial charge on any atom is -0.451 e. The van der Waals surface area contributed by atoms with E-state index in [2.05, 4.69) is 5.32 Å². The van der Waals surface area contributed by atoms with Crippen LogP contribution in [0.1, 0.15) is 5.56 Å². The van der Waals surface area contributed by atoms with Gasteiger partial charge in [-0.25, -0.2) is 17.6 Å². The van der Waals surface area contributed by atoms with Crippen molar-refractivity contribution in [2.24, 2.45) is 0 Å². The highest BCUT2D eigenvalue weighted by Gasteiger charge is 2.14. The molecule has 2 aromatic rings. The Bertz CT molecular complexity index is 587. The van der Waals surface area contributed by atoms with E-state index in [1.807, 2.05) is 0 Å². The molecule has 106 valence electrons. The molecule has 0 radical (unpaired) electrons. The molecule has 0 aliphatic carbocycles. The van der Waals surface area contributed by atoms with Crippen molar-refractivity contribution in [1.82, 2.24) is 5.32 Å². The maximum absolute atomic E-state index is 13.7. The van der Waals surface area contributed by atoms with Gasteiger partial charge in [0.05, 0.1) is 0 Å². The number of ether oxygens (including phenoxy) is 1.